The number of nitrogens with one attached hydrogen (secondary N) is 1. The summed E-state index contributed by atoms with van der Waals surface area (Å²) in [4.78, 5) is 19.4. The molecule has 1 aliphatic rings. The van der Waals surface area contributed by atoms with E-state index in [0.717, 1.165) is 22.1 Å². The van der Waals surface area contributed by atoms with E-state index >= 15 is 0 Å². The van der Waals surface area contributed by atoms with Gasteiger partial charge in [-0.1, -0.05) is 36.4 Å². The number of fused-ring (bicyclic) bond motifs is 1. The number of benzene rings is 2. The first-order chi connectivity index (χ1) is 16.0. The molecule has 2 aromatic heterocycles. The smallest absolute Gasteiger partial charge is 0.229 e. The maximum absolute atomic E-state index is 13.0. The van der Waals surface area contributed by atoms with Crippen LogP contribution in [0.3, 0.4) is 0 Å². The molecule has 0 aliphatic carbocycles. The summed E-state index contributed by atoms with van der Waals surface area (Å²) < 4.78 is 0. The number of hydrogen-bond donors (Lipinski definition) is 3. The number of aromatic nitrogens is 3. The Bertz CT molecular complexity index is 1310. The number of piperidine rings is 1. The molecule has 33 heavy (non-hydrogen) atoms. The summed E-state index contributed by atoms with van der Waals surface area (Å²) >= 11 is 0. The molecule has 1 fully saturated rings. The van der Waals surface area contributed by atoms with Crippen molar-refractivity contribution in [3.05, 3.63) is 66.4 Å². The molecule has 1 atom stereocenters. The number of carbonyl (C=O) groups excluding carboxylic acids is 1. The summed E-state index contributed by atoms with van der Waals surface area (Å²) in [5, 5.41) is 28.1. The third kappa shape index (κ3) is 4.07. The summed E-state index contributed by atoms with van der Waals surface area (Å²) in [7, 11) is 0. The summed E-state index contributed by atoms with van der Waals surface area (Å²) in [5.74, 6) is -0.0139. The minimum atomic E-state index is -0.305. The number of para-hydroxylation sites is 1. The molecular formula is C26H26N4O3. The first kappa shape index (κ1) is 21.2. The summed E-state index contributed by atoms with van der Waals surface area (Å²) in [6, 6.07) is 17.1. The van der Waals surface area contributed by atoms with Gasteiger partial charge in [0.25, 0.3) is 0 Å². The first-order valence-corrected chi connectivity index (χ1v) is 11.2. The van der Waals surface area contributed by atoms with Crippen molar-refractivity contribution in [3.8, 4) is 28.1 Å². The van der Waals surface area contributed by atoms with E-state index in [1.54, 1.807) is 18.3 Å². The number of aromatic amines is 1. The molecule has 168 valence electrons. The van der Waals surface area contributed by atoms with E-state index in [0.29, 0.717) is 42.8 Å². The van der Waals surface area contributed by atoms with Crippen molar-refractivity contribution in [3.63, 3.8) is 0 Å². The topological polar surface area (TPSA) is 102 Å². The minimum Gasteiger partial charge on any atom is -0.507 e. The fraction of sp³-hybridized carbons (Fsp3) is 0.269. The molecule has 1 amide bonds. The molecule has 0 spiro atoms. The Morgan fingerprint density at radius 1 is 1.09 bits per heavy atom. The number of H-pyrrole nitrogens is 1. The Kier molecular flexibility index (Phi) is 5.56. The van der Waals surface area contributed by atoms with Crippen LogP contribution >= 0.6 is 0 Å². The summed E-state index contributed by atoms with van der Waals surface area (Å²) in [5.41, 5.74) is 4.76. The highest BCUT2D eigenvalue weighted by Gasteiger charge is 2.26. The quantitative estimate of drug-likeness (QED) is 0.442. The minimum absolute atomic E-state index is 0.0873. The average molecular weight is 443 g/mol. The first-order valence-electron chi connectivity index (χ1n) is 11.2. The third-order valence-corrected chi connectivity index (χ3v) is 6.45. The van der Waals surface area contributed by atoms with Crippen molar-refractivity contribution >= 4 is 16.9 Å². The predicted octanol–water partition coefficient (Wildman–Crippen LogP) is 4.08. The van der Waals surface area contributed by atoms with Gasteiger partial charge in [0.1, 0.15) is 5.75 Å². The fourth-order valence-corrected chi connectivity index (χ4v) is 4.44. The molecule has 4 aromatic rings. The number of amides is 1. The lowest BCUT2D eigenvalue weighted by molar-refractivity contribution is -0.134. The molecule has 0 bridgehead atoms. The standard InChI is InChI=1S/C26H26N4O3/c1-16(26(33)30-11-9-20(31)10-12-30)17-5-4-6-18(13-17)19-14-22-24(28-29-25(22)27-15-19)21-7-2-3-8-23(21)32/h2-8,13-16,20,31-32H,9-12H2,1H3,(H,27,28,29). The maximum Gasteiger partial charge on any atom is 0.229 e. The zero-order valence-electron chi connectivity index (χ0n) is 18.4. The number of nitrogens with zero attached hydrogens (tertiary/aromatic N) is 3. The predicted molar refractivity (Wildman–Crippen MR) is 127 cm³/mol. The second-order valence-electron chi connectivity index (χ2n) is 8.61. The lowest BCUT2D eigenvalue weighted by Crippen LogP contribution is -2.41. The number of carbonyl (C=O) groups is 1. The second kappa shape index (κ2) is 8.67. The van der Waals surface area contributed by atoms with Gasteiger partial charge in [0.05, 0.1) is 17.7 Å². The molecule has 1 unspecified atom stereocenters. The van der Waals surface area contributed by atoms with Crippen LogP contribution in [-0.4, -0.2) is 55.4 Å². The second-order valence-corrected chi connectivity index (χ2v) is 8.61. The third-order valence-electron chi connectivity index (χ3n) is 6.45. The monoisotopic (exact) mass is 442 g/mol. The van der Waals surface area contributed by atoms with E-state index in [-0.39, 0.29) is 23.7 Å². The van der Waals surface area contributed by atoms with Gasteiger partial charge in [0.15, 0.2) is 5.65 Å². The molecule has 0 radical (unpaired) electrons. The number of aliphatic hydroxyl groups excluding tert-OH is 1. The molecular weight excluding hydrogens is 416 g/mol. The Labute approximate surface area is 191 Å². The zero-order valence-corrected chi connectivity index (χ0v) is 18.4. The number of aliphatic hydroxyl groups is 1. The number of pyridine rings is 1. The molecule has 7 heteroatoms. The van der Waals surface area contributed by atoms with Crippen molar-refractivity contribution < 1.29 is 15.0 Å². The van der Waals surface area contributed by atoms with Gasteiger partial charge in [-0.15, -0.1) is 0 Å². The van der Waals surface area contributed by atoms with Crippen LogP contribution < -0.4 is 0 Å². The van der Waals surface area contributed by atoms with Crippen LogP contribution in [0.25, 0.3) is 33.4 Å². The number of aromatic hydroxyl groups is 1. The van der Waals surface area contributed by atoms with Crippen LogP contribution in [0.15, 0.2) is 60.8 Å². The van der Waals surface area contributed by atoms with Crippen LogP contribution in [0.5, 0.6) is 5.75 Å². The Morgan fingerprint density at radius 2 is 1.88 bits per heavy atom. The van der Waals surface area contributed by atoms with Crippen molar-refractivity contribution in [2.75, 3.05) is 13.1 Å². The molecule has 3 heterocycles. The van der Waals surface area contributed by atoms with E-state index in [1.807, 2.05) is 54.3 Å². The lowest BCUT2D eigenvalue weighted by atomic mass is 9.94. The van der Waals surface area contributed by atoms with E-state index in [9.17, 15) is 15.0 Å². The van der Waals surface area contributed by atoms with Crippen molar-refractivity contribution in [1.29, 1.82) is 0 Å². The van der Waals surface area contributed by atoms with Crippen LogP contribution in [0.2, 0.25) is 0 Å². The highest BCUT2D eigenvalue weighted by molar-refractivity contribution is 5.94. The molecule has 5 rings (SSSR count). The van der Waals surface area contributed by atoms with Gasteiger partial charge >= 0.3 is 0 Å². The number of phenolic OH excluding ortho intramolecular Hbond substituents is 1. The number of hydrogen-bond acceptors (Lipinski definition) is 5. The van der Waals surface area contributed by atoms with Gasteiger partial charge in [-0.3, -0.25) is 9.89 Å². The lowest BCUT2D eigenvalue weighted by Gasteiger charge is -2.31. The van der Waals surface area contributed by atoms with Crippen molar-refractivity contribution in [2.24, 2.45) is 0 Å². The zero-order chi connectivity index (χ0) is 22.9. The SMILES string of the molecule is CC(C(=O)N1CCC(O)CC1)c1cccc(-c2cnc3n[nH]c(-c4ccccc4O)c3c2)c1. The maximum atomic E-state index is 13.0. The van der Waals surface area contributed by atoms with Crippen LogP contribution in [0.1, 0.15) is 31.2 Å². The Balaban J connectivity index is 1.46. The number of phenols is 1. The highest BCUT2D eigenvalue weighted by atomic mass is 16.3. The van der Waals surface area contributed by atoms with Crippen LogP contribution in [-0.2, 0) is 4.79 Å². The Morgan fingerprint density at radius 3 is 2.67 bits per heavy atom. The molecule has 0 saturated carbocycles. The van der Waals surface area contributed by atoms with Crippen LogP contribution in [0, 0.1) is 0 Å². The number of likely N-dealkylation sites (tertiary alicyclic amines) is 1. The van der Waals surface area contributed by atoms with E-state index in [4.69, 9.17) is 0 Å². The summed E-state index contributed by atoms with van der Waals surface area (Å²) in [6.45, 7) is 3.13. The van der Waals surface area contributed by atoms with E-state index < -0.39 is 0 Å². The van der Waals surface area contributed by atoms with Crippen molar-refractivity contribution in [1.82, 2.24) is 20.1 Å². The molecule has 1 saturated heterocycles. The highest BCUT2D eigenvalue weighted by Crippen LogP contribution is 2.34. The average Bonchev–Trinajstić information content (AvgIpc) is 3.27. The van der Waals surface area contributed by atoms with Gasteiger partial charge in [-0.2, -0.15) is 5.10 Å². The molecule has 7 nitrogen and oxygen atoms in total. The van der Waals surface area contributed by atoms with Gasteiger partial charge in [0, 0.05) is 35.8 Å². The Hall–Kier alpha value is -3.71. The van der Waals surface area contributed by atoms with Gasteiger partial charge in [0.2, 0.25) is 5.91 Å². The number of rotatable bonds is 4. The van der Waals surface area contributed by atoms with Crippen molar-refractivity contribution in [2.45, 2.75) is 31.8 Å². The normalized spacial score (nSPS) is 15.6. The molecule has 3 N–H and O–H groups in total. The molecule has 1 aliphatic heterocycles. The van der Waals surface area contributed by atoms with Gasteiger partial charge in [-0.25, -0.2) is 4.98 Å². The molecule has 2 aromatic carbocycles. The summed E-state index contributed by atoms with van der Waals surface area (Å²) in [6.07, 6.45) is 2.73. The van der Waals surface area contributed by atoms with E-state index in [2.05, 4.69) is 15.2 Å². The van der Waals surface area contributed by atoms with Gasteiger partial charge < -0.3 is 15.1 Å². The van der Waals surface area contributed by atoms with Gasteiger partial charge in [-0.05, 0) is 49.1 Å². The fourth-order valence-electron chi connectivity index (χ4n) is 4.44. The van der Waals surface area contributed by atoms with E-state index in [1.165, 1.54) is 0 Å². The largest absolute Gasteiger partial charge is 0.507 e. The van der Waals surface area contributed by atoms with Crippen LogP contribution in [0.4, 0.5) is 0 Å².